The van der Waals surface area contributed by atoms with Gasteiger partial charge in [0, 0.05) is 12.5 Å². The molecule has 0 atom stereocenters. The number of carbonyl (C=O) groups excluding carboxylic acids is 1. The molecule has 0 unspecified atom stereocenters. The highest BCUT2D eigenvalue weighted by atomic mass is 16.1. The van der Waals surface area contributed by atoms with E-state index in [1.807, 2.05) is 0 Å². The normalized spacial score (nSPS) is 16.6. The molecule has 0 radical (unpaired) electrons. The zero-order chi connectivity index (χ0) is 11.1. The molecule has 0 aromatic rings. The average molecular weight is 209 g/mol. The molecule has 0 heterocycles. The molecule has 86 valence electrons. The quantitative estimate of drug-likeness (QED) is 0.669. The van der Waals surface area contributed by atoms with E-state index in [1.54, 1.807) is 0 Å². The number of unbranched alkanes of at least 4 members (excludes halogenated alkanes) is 1. The zero-order valence-electron chi connectivity index (χ0n) is 9.85. The maximum Gasteiger partial charge on any atom is 0.224 e. The Morgan fingerprint density at radius 2 is 2.07 bits per heavy atom. The van der Waals surface area contributed by atoms with Crippen molar-refractivity contribution in [3.8, 4) is 0 Å². The van der Waals surface area contributed by atoms with Gasteiger partial charge in [-0.25, -0.2) is 0 Å². The van der Waals surface area contributed by atoms with E-state index in [4.69, 9.17) is 0 Å². The molecular formula is C13H23NO. The van der Waals surface area contributed by atoms with Crippen molar-refractivity contribution in [2.24, 2.45) is 0 Å². The van der Waals surface area contributed by atoms with Crippen molar-refractivity contribution in [2.45, 2.75) is 64.3 Å². The topological polar surface area (TPSA) is 29.1 Å². The summed E-state index contributed by atoms with van der Waals surface area (Å²) in [4.78, 5) is 11.6. The van der Waals surface area contributed by atoms with Gasteiger partial charge in [-0.1, -0.05) is 38.3 Å². The van der Waals surface area contributed by atoms with Crippen molar-refractivity contribution in [3.05, 3.63) is 12.2 Å². The van der Waals surface area contributed by atoms with E-state index in [-0.39, 0.29) is 5.91 Å². The second-order valence-electron chi connectivity index (χ2n) is 4.58. The summed E-state index contributed by atoms with van der Waals surface area (Å²) >= 11 is 0. The van der Waals surface area contributed by atoms with Crippen molar-refractivity contribution < 1.29 is 4.79 Å². The Morgan fingerprint density at radius 3 is 2.67 bits per heavy atom. The minimum Gasteiger partial charge on any atom is -0.353 e. The molecule has 0 aromatic carbocycles. The van der Waals surface area contributed by atoms with Gasteiger partial charge in [0.05, 0.1) is 0 Å². The van der Waals surface area contributed by atoms with Crippen LogP contribution < -0.4 is 5.32 Å². The molecule has 15 heavy (non-hydrogen) atoms. The molecule has 0 spiro atoms. The second kappa shape index (κ2) is 6.65. The summed E-state index contributed by atoms with van der Waals surface area (Å²) in [5.41, 5.74) is 1.08. The number of hydrogen-bond acceptors (Lipinski definition) is 1. The average Bonchev–Trinajstić information content (AvgIpc) is 2.67. The molecule has 1 aliphatic carbocycles. The van der Waals surface area contributed by atoms with E-state index < -0.39 is 0 Å². The highest BCUT2D eigenvalue weighted by Crippen LogP contribution is 2.18. The third-order valence-electron chi connectivity index (χ3n) is 3.01. The molecule has 1 saturated carbocycles. The Hall–Kier alpha value is -0.790. The largest absolute Gasteiger partial charge is 0.353 e. The summed E-state index contributed by atoms with van der Waals surface area (Å²) in [7, 11) is 0. The monoisotopic (exact) mass is 209 g/mol. The molecule has 1 fully saturated rings. The third-order valence-corrected chi connectivity index (χ3v) is 3.01. The van der Waals surface area contributed by atoms with E-state index in [1.165, 1.54) is 19.3 Å². The molecular weight excluding hydrogens is 186 g/mol. The number of hydrogen-bond donors (Lipinski definition) is 1. The van der Waals surface area contributed by atoms with Gasteiger partial charge in [-0.05, 0) is 25.7 Å². The minimum atomic E-state index is 0.169. The minimum absolute atomic E-state index is 0.169. The summed E-state index contributed by atoms with van der Waals surface area (Å²) in [6, 6.07) is 0.441. The van der Waals surface area contributed by atoms with Crippen LogP contribution in [0.4, 0.5) is 0 Å². The van der Waals surface area contributed by atoms with Crippen LogP contribution in [0.25, 0.3) is 0 Å². The molecule has 2 heteroatoms. The number of rotatable bonds is 6. The second-order valence-corrected chi connectivity index (χ2v) is 4.58. The predicted molar refractivity (Wildman–Crippen MR) is 63.7 cm³/mol. The lowest BCUT2D eigenvalue weighted by Crippen LogP contribution is -2.32. The Labute approximate surface area is 93.1 Å². The maximum atomic E-state index is 11.6. The molecule has 0 bridgehead atoms. The van der Waals surface area contributed by atoms with Gasteiger partial charge in [0.1, 0.15) is 0 Å². The highest BCUT2D eigenvalue weighted by Gasteiger charge is 2.16. The van der Waals surface area contributed by atoms with Crippen molar-refractivity contribution in [2.75, 3.05) is 0 Å². The van der Waals surface area contributed by atoms with Crippen LogP contribution in [0.3, 0.4) is 0 Å². The molecule has 1 rings (SSSR count). The highest BCUT2D eigenvalue weighted by molar-refractivity contribution is 5.78. The standard InChI is InChI=1S/C13H23NO/c1-3-4-7-11(2)10-13(15)14-12-8-5-6-9-12/h12H,2-10H2,1H3,(H,14,15). The van der Waals surface area contributed by atoms with Crippen molar-refractivity contribution in [3.63, 3.8) is 0 Å². The lowest BCUT2D eigenvalue weighted by Gasteiger charge is -2.12. The van der Waals surface area contributed by atoms with Crippen LogP contribution in [-0.2, 0) is 4.79 Å². The number of nitrogens with one attached hydrogen (secondary N) is 1. The fraction of sp³-hybridized carbons (Fsp3) is 0.769. The SMILES string of the molecule is C=C(CCCC)CC(=O)NC1CCCC1. The zero-order valence-corrected chi connectivity index (χ0v) is 9.85. The van der Waals surface area contributed by atoms with Crippen LogP contribution in [0.2, 0.25) is 0 Å². The van der Waals surface area contributed by atoms with Gasteiger partial charge < -0.3 is 5.32 Å². The van der Waals surface area contributed by atoms with Gasteiger partial charge in [-0.2, -0.15) is 0 Å². The van der Waals surface area contributed by atoms with E-state index in [0.717, 1.165) is 31.3 Å². The predicted octanol–water partition coefficient (Wildman–Crippen LogP) is 3.18. The summed E-state index contributed by atoms with van der Waals surface area (Å²) < 4.78 is 0. The van der Waals surface area contributed by atoms with Crippen LogP contribution in [0.5, 0.6) is 0 Å². The van der Waals surface area contributed by atoms with E-state index in [0.29, 0.717) is 12.5 Å². The first-order valence-electron chi connectivity index (χ1n) is 6.18. The fourth-order valence-electron chi connectivity index (χ4n) is 2.09. The molecule has 1 amide bonds. The third kappa shape index (κ3) is 5.01. The Bertz CT molecular complexity index is 217. The first-order valence-corrected chi connectivity index (χ1v) is 6.18. The number of carbonyl (C=O) groups is 1. The van der Waals surface area contributed by atoms with Crippen LogP contribution in [-0.4, -0.2) is 11.9 Å². The Morgan fingerprint density at radius 1 is 1.40 bits per heavy atom. The van der Waals surface area contributed by atoms with E-state index in [9.17, 15) is 4.79 Å². The Kier molecular flexibility index (Phi) is 5.44. The van der Waals surface area contributed by atoms with Crippen molar-refractivity contribution in [1.82, 2.24) is 5.32 Å². The van der Waals surface area contributed by atoms with Crippen LogP contribution >= 0.6 is 0 Å². The van der Waals surface area contributed by atoms with Crippen LogP contribution in [0, 0.1) is 0 Å². The van der Waals surface area contributed by atoms with Gasteiger partial charge in [0.2, 0.25) is 5.91 Å². The first-order chi connectivity index (χ1) is 7.22. The summed E-state index contributed by atoms with van der Waals surface area (Å²) in [6.45, 7) is 6.10. The smallest absolute Gasteiger partial charge is 0.224 e. The van der Waals surface area contributed by atoms with E-state index in [2.05, 4.69) is 18.8 Å². The molecule has 1 N–H and O–H groups in total. The Balaban J connectivity index is 2.14. The maximum absolute atomic E-state index is 11.6. The van der Waals surface area contributed by atoms with Gasteiger partial charge in [-0.15, -0.1) is 0 Å². The van der Waals surface area contributed by atoms with Crippen molar-refractivity contribution in [1.29, 1.82) is 0 Å². The van der Waals surface area contributed by atoms with Gasteiger partial charge in [0.15, 0.2) is 0 Å². The molecule has 0 saturated heterocycles. The fourth-order valence-corrected chi connectivity index (χ4v) is 2.09. The number of amides is 1. The van der Waals surface area contributed by atoms with Crippen LogP contribution in [0.1, 0.15) is 58.3 Å². The molecule has 1 aliphatic rings. The molecule has 2 nitrogen and oxygen atoms in total. The van der Waals surface area contributed by atoms with Gasteiger partial charge in [0.25, 0.3) is 0 Å². The molecule has 0 aromatic heterocycles. The van der Waals surface area contributed by atoms with Crippen LogP contribution in [0.15, 0.2) is 12.2 Å². The molecule has 0 aliphatic heterocycles. The van der Waals surface area contributed by atoms with Gasteiger partial charge >= 0.3 is 0 Å². The summed E-state index contributed by atoms with van der Waals surface area (Å²) in [6.07, 6.45) is 8.69. The summed E-state index contributed by atoms with van der Waals surface area (Å²) in [5.74, 6) is 0.169. The van der Waals surface area contributed by atoms with Gasteiger partial charge in [-0.3, -0.25) is 4.79 Å². The lowest BCUT2D eigenvalue weighted by atomic mass is 10.1. The van der Waals surface area contributed by atoms with E-state index >= 15 is 0 Å². The first kappa shape index (κ1) is 12.3. The lowest BCUT2D eigenvalue weighted by molar-refractivity contribution is -0.121. The van der Waals surface area contributed by atoms with Crippen molar-refractivity contribution >= 4 is 5.91 Å². The summed E-state index contributed by atoms with van der Waals surface area (Å²) in [5, 5.41) is 3.09.